The van der Waals surface area contributed by atoms with E-state index in [0.717, 1.165) is 5.56 Å². The molecule has 2 aromatic heterocycles. The van der Waals surface area contributed by atoms with Crippen molar-refractivity contribution in [2.45, 2.75) is 25.9 Å². The molecule has 0 saturated carbocycles. The van der Waals surface area contributed by atoms with E-state index in [1.165, 1.54) is 4.90 Å². The first-order valence-corrected chi connectivity index (χ1v) is 9.77. The van der Waals surface area contributed by atoms with E-state index in [1.54, 1.807) is 43.1 Å². The van der Waals surface area contributed by atoms with E-state index >= 15 is 0 Å². The summed E-state index contributed by atoms with van der Waals surface area (Å²) in [6.07, 6.45) is 9.17. The number of Topliss-reactive ketones (excluding diaryl/α,β-unsaturated/α-hetero) is 1. The summed E-state index contributed by atoms with van der Waals surface area (Å²) >= 11 is 0. The topological polar surface area (TPSA) is 88.3 Å². The molecule has 1 fully saturated rings. The highest BCUT2D eigenvalue weighted by molar-refractivity contribution is 6.46. The van der Waals surface area contributed by atoms with Crippen LogP contribution in [0, 0.1) is 6.92 Å². The summed E-state index contributed by atoms with van der Waals surface area (Å²) in [5.74, 6) is -1.45. The van der Waals surface area contributed by atoms with Gasteiger partial charge in [0.05, 0.1) is 17.9 Å². The van der Waals surface area contributed by atoms with Gasteiger partial charge in [0.1, 0.15) is 5.76 Å². The van der Waals surface area contributed by atoms with Crippen LogP contribution in [0.4, 0.5) is 0 Å². The van der Waals surface area contributed by atoms with Crippen molar-refractivity contribution in [1.29, 1.82) is 0 Å². The number of pyridine rings is 1. The number of rotatable bonds is 6. The molecule has 1 N–H and O–H groups in total. The highest BCUT2D eigenvalue weighted by Crippen LogP contribution is 2.39. The summed E-state index contributed by atoms with van der Waals surface area (Å²) in [7, 11) is 0. The normalized spacial score (nSPS) is 18.2. The molecule has 0 spiro atoms. The number of aromatic nitrogens is 3. The third-order valence-corrected chi connectivity index (χ3v) is 5.24. The number of hydrogen-bond donors (Lipinski definition) is 1. The molecule has 30 heavy (non-hydrogen) atoms. The standard InChI is InChI=1S/C23H22N4O3/c1-16-5-7-17(8-6-16)21(28)19-20(18-4-2-9-24-14-18)27(23(30)22(19)29)12-3-11-26-13-10-25-15-26/h2,4-10,13-15,20,28H,3,11-12H2,1H3/b21-19+. The molecule has 7 nitrogen and oxygen atoms in total. The van der Waals surface area contributed by atoms with Gasteiger partial charge < -0.3 is 14.6 Å². The van der Waals surface area contributed by atoms with Gasteiger partial charge in [0, 0.05) is 43.4 Å². The fraction of sp³-hybridized carbons (Fsp3) is 0.217. The zero-order valence-electron chi connectivity index (χ0n) is 16.6. The summed E-state index contributed by atoms with van der Waals surface area (Å²) in [4.78, 5) is 35.5. The maximum Gasteiger partial charge on any atom is 0.295 e. The molecule has 152 valence electrons. The number of ketones is 1. The molecule has 0 bridgehead atoms. The summed E-state index contributed by atoms with van der Waals surface area (Å²) in [6, 6.07) is 10.1. The Morgan fingerprint density at radius 2 is 1.87 bits per heavy atom. The van der Waals surface area contributed by atoms with Crippen LogP contribution in [0.15, 0.2) is 73.1 Å². The van der Waals surface area contributed by atoms with Gasteiger partial charge in [-0.1, -0.05) is 35.9 Å². The van der Waals surface area contributed by atoms with Crippen LogP contribution in [0.2, 0.25) is 0 Å². The Kier molecular flexibility index (Phi) is 5.43. The number of carbonyl (C=O) groups is 2. The lowest BCUT2D eigenvalue weighted by molar-refractivity contribution is -0.139. The van der Waals surface area contributed by atoms with Crippen LogP contribution in [0.1, 0.15) is 29.2 Å². The van der Waals surface area contributed by atoms with E-state index in [2.05, 4.69) is 9.97 Å². The number of amides is 1. The number of imidazole rings is 1. The molecule has 0 aliphatic carbocycles. The van der Waals surface area contributed by atoms with Gasteiger partial charge in [0.2, 0.25) is 0 Å². The fourth-order valence-electron chi connectivity index (χ4n) is 3.70. The van der Waals surface area contributed by atoms with Crippen molar-refractivity contribution in [1.82, 2.24) is 19.4 Å². The Labute approximate surface area is 174 Å². The van der Waals surface area contributed by atoms with Gasteiger partial charge >= 0.3 is 0 Å². The molecular formula is C23H22N4O3. The molecule has 3 aromatic rings. The van der Waals surface area contributed by atoms with Crippen LogP contribution in [0.3, 0.4) is 0 Å². The van der Waals surface area contributed by atoms with Crippen LogP contribution in [-0.4, -0.2) is 42.8 Å². The van der Waals surface area contributed by atoms with E-state index in [-0.39, 0.29) is 11.3 Å². The summed E-state index contributed by atoms with van der Waals surface area (Å²) in [5.41, 5.74) is 2.33. The molecule has 1 amide bonds. The molecule has 4 rings (SSSR count). The van der Waals surface area contributed by atoms with Gasteiger partial charge in [-0.25, -0.2) is 4.98 Å². The molecule has 3 heterocycles. The Bertz CT molecular complexity index is 1070. The van der Waals surface area contributed by atoms with E-state index < -0.39 is 17.7 Å². The predicted octanol–water partition coefficient (Wildman–Crippen LogP) is 3.10. The van der Waals surface area contributed by atoms with Crippen LogP contribution >= 0.6 is 0 Å². The monoisotopic (exact) mass is 402 g/mol. The van der Waals surface area contributed by atoms with Crippen LogP contribution in [0.5, 0.6) is 0 Å². The minimum absolute atomic E-state index is 0.0967. The molecular weight excluding hydrogens is 380 g/mol. The fourth-order valence-corrected chi connectivity index (χ4v) is 3.70. The van der Waals surface area contributed by atoms with Gasteiger partial charge in [-0.15, -0.1) is 0 Å². The van der Waals surface area contributed by atoms with Crippen LogP contribution < -0.4 is 0 Å². The highest BCUT2D eigenvalue weighted by Gasteiger charge is 2.45. The van der Waals surface area contributed by atoms with Crippen LogP contribution in [0.25, 0.3) is 5.76 Å². The molecule has 1 saturated heterocycles. The van der Waals surface area contributed by atoms with Gasteiger partial charge in [-0.3, -0.25) is 14.6 Å². The Balaban J connectivity index is 1.71. The van der Waals surface area contributed by atoms with Gasteiger partial charge in [0.15, 0.2) is 0 Å². The number of nitrogens with zero attached hydrogens (tertiary/aromatic N) is 4. The second-order valence-electron chi connectivity index (χ2n) is 7.30. The largest absolute Gasteiger partial charge is 0.507 e. The highest BCUT2D eigenvalue weighted by atomic mass is 16.3. The quantitative estimate of drug-likeness (QED) is 0.389. The van der Waals surface area contributed by atoms with Crippen molar-refractivity contribution in [2.75, 3.05) is 6.54 Å². The number of aliphatic hydroxyl groups is 1. The maximum absolute atomic E-state index is 12.9. The van der Waals surface area contributed by atoms with Gasteiger partial charge in [0.25, 0.3) is 11.7 Å². The molecule has 1 unspecified atom stereocenters. The number of benzene rings is 1. The minimum atomic E-state index is -0.678. The smallest absolute Gasteiger partial charge is 0.295 e. The van der Waals surface area contributed by atoms with E-state index in [1.807, 2.05) is 35.9 Å². The lowest BCUT2D eigenvalue weighted by Crippen LogP contribution is -2.31. The summed E-state index contributed by atoms with van der Waals surface area (Å²) < 4.78 is 1.92. The molecule has 7 heteroatoms. The number of aliphatic hydroxyl groups excluding tert-OH is 1. The predicted molar refractivity (Wildman–Crippen MR) is 111 cm³/mol. The lowest BCUT2D eigenvalue weighted by atomic mass is 9.96. The summed E-state index contributed by atoms with van der Waals surface area (Å²) in [5, 5.41) is 11.0. The molecule has 1 aliphatic heterocycles. The van der Waals surface area contributed by atoms with Crippen molar-refractivity contribution in [3.05, 3.63) is 89.8 Å². The van der Waals surface area contributed by atoms with E-state index in [4.69, 9.17) is 0 Å². The number of carbonyl (C=O) groups excluding carboxylic acids is 2. The Hall–Kier alpha value is -3.74. The molecule has 0 radical (unpaired) electrons. The SMILES string of the molecule is Cc1ccc(/C(O)=C2\C(=O)C(=O)N(CCCn3ccnc3)C2c2cccnc2)cc1. The minimum Gasteiger partial charge on any atom is -0.507 e. The molecule has 1 aromatic carbocycles. The van der Waals surface area contributed by atoms with Crippen molar-refractivity contribution >= 4 is 17.4 Å². The number of aryl methyl sites for hydroxylation is 2. The second-order valence-corrected chi connectivity index (χ2v) is 7.30. The van der Waals surface area contributed by atoms with Gasteiger partial charge in [-0.2, -0.15) is 0 Å². The Morgan fingerprint density at radius 1 is 1.07 bits per heavy atom. The number of hydrogen-bond acceptors (Lipinski definition) is 5. The first-order valence-electron chi connectivity index (χ1n) is 9.77. The van der Waals surface area contributed by atoms with Gasteiger partial charge in [-0.05, 0) is 25.0 Å². The van der Waals surface area contributed by atoms with Crippen molar-refractivity contribution in [3.63, 3.8) is 0 Å². The van der Waals surface area contributed by atoms with E-state index in [0.29, 0.717) is 30.6 Å². The first kappa shape index (κ1) is 19.6. The van der Waals surface area contributed by atoms with Crippen molar-refractivity contribution in [3.8, 4) is 0 Å². The van der Waals surface area contributed by atoms with Crippen molar-refractivity contribution in [2.24, 2.45) is 0 Å². The summed E-state index contributed by atoms with van der Waals surface area (Å²) in [6.45, 7) is 2.98. The average Bonchev–Trinajstić information content (AvgIpc) is 3.37. The Morgan fingerprint density at radius 3 is 2.53 bits per heavy atom. The second kappa shape index (κ2) is 8.32. The molecule has 1 aliphatic rings. The van der Waals surface area contributed by atoms with Crippen LogP contribution in [-0.2, 0) is 16.1 Å². The third-order valence-electron chi connectivity index (χ3n) is 5.24. The van der Waals surface area contributed by atoms with Crippen molar-refractivity contribution < 1.29 is 14.7 Å². The zero-order chi connectivity index (χ0) is 21.1. The van der Waals surface area contributed by atoms with E-state index in [9.17, 15) is 14.7 Å². The average molecular weight is 402 g/mol. The maximum atomic E-state index is 12.9. The zero-order valence-corrected chi connectivity index (χ0v) is 16.6. The first-order chi connectivity index (χ1) is 14.6. The third kappa shape index (κ3) is 3.74. The number of likely N-dealkylation sites (tertiary alicyclic amines) is 1. The molecule has 1 atom stereocenters. The lowest BCUT2D eigenvalue weighted by Gasteiger charge is -2.25.